The summed E-state index contributed by atoms with van der Waals surface area (Å²) in [5, 5.41) is 4.47. The first-order valence-corrected chi connectivity index (χ1v) is 7.29. The summed E-state index contributed by atoms with van der Waals surface area (Å²) in [4.78, 5) is 16.2. The number of hydrogen-bond acceptors (Lipinski definition) is 3. The SMILES string of the molecule is O=C(Nc1nc(-c2ccccc2)cs1)c1c(F)cccc1F. The number of amides is 1. The van der Waals surface area contributed by atoms with Crippen molar-refractivity contribution in [1.29, 1.82) is 0 Å². The Morgan fingerprint density at radius 3 is 2.36 bits per heavy atom. The molecule has 22 heavy (non-hydrogen) atoms. The highest BCUT2D eigenvalue weighted by Gasteiger charge is 2.18. The third kappa shape index (κ3) is 2.87. The third-order valence-electron chi connectivity index (χ3n) is 2.98. The van der Waals surface area contributed by atoms with Crippen LogP contribution in [0.2, 0.25) is 0 Å². The van der Waals surface area contributed by atoms with Gasteiger partial charge in [0, 0.05) is 10.9 Å². The van der Waals surface area contributed by atoms with Gasteiger partial charge in [-0.2, -0.15) is 0 Å². The molecule has 0 radical (unpaired) electrons. The first kappa shape index (κ1) is 14.3. The summed E-state index contributed by atoms with van der Waals surface area (Å²) >= 11 is 1.19. The van der Waals surface area contributed by atoms with Crippen LogP contribution in [0.3, 0.4) is 0 Å². The Hall–Kier alpha value is -2.60. The number of halogens is 2. The van der Waals surface area contributed by atoms with Crippen LogP contribution in [-0.4, -0.2) is 10.9 Å². The minimum atomic E-state index is -0.905. The van der Waals surface area contributed by atoms with Crippen LogP contribution in [0.25, 0.3) is 11.3 Å². The Labute approximate surface area is 129 Å². The zero-order valence-electron chi connectivity index (χ0n) is 11.2. The lowest BCUT2D eigenvalue weighted by atomic mass is 10.2. The van der Waals surface area contributed by atoms with Crippen LogP contribution < -0.4 is 5.32 Å². The maximum absolute atomic E-state index is 13.6. The van der Waals surface area contributed by atoms with Gasteiger partial charge < -0.3 is 0 Å². The molecule has 0 aliphatic heterocycles. The van der Waals surface area contributed by atoms with E-state index in [0.717, 1.165) is 17.7 Å². The Morgan fingerprint density at radius 2 is 1.68 bits per heavy atom. The summed E-state index contributed by atoms with van der Waals surface area (Å²) in [6.07, 6.45) is 0. The molecule has 3 rings (SSSR count). The molecule has 0 atom stereocenters. The van der Waals surface area contributed by atoms with Gasteiger partial charge in [-0.15, -0.1) is 11.3 Å². The number of carbonyl (C=O) groups is 1. The van der Waals surface area contributed by atoms with E-state index in [1.807, 2.05) is 30.3 Å². The molecule has 0 aliphatic rings. The van der Waals surface area contributed by atoms with Crippen LogP contribution in [0.15, 0.2) is 53.9 Å². The quantitative estimate of drug-likeness (QED) is 0.781. The number of carbonyl (C=O) groups excluding carboxylic acids is 1. The van der Waals surface area contributed by atoms with Crippen LogP contribution in [0.4, 0.5) is 13.9 Å². The summed E-state index contributed by atoms with van der Waals surface area (Å²) in [5.41, 5.74) is 0.977. The number of nitrogens with zero attached hydrogens (tertiary/aromatic N) is 1. The van der Waals surface area contributed by atoms with Gasteiger partial charge in [-0.25, -0.2) is 13.8 Å². The van der Waals surface area contributed by atoms with Gasteiger partial charge >= 0.3 is 0 Å². The molecule has 0 saturated carbocycles. The van der Waals surface area contributed by atoms with Crippen molar-refractivity contribution in [3.8, 4) is 11.3 Å². The largest absolute Gasteiger partial charge is 0.298 e. The highest BCUT2D eigenvalue weighted by atomic mass is 32.1. The molecule has 0 spiro atoms. The minimum Gasteiger partial charge on any atom is -0.298 e. The Morgan fingerprint density at radius 1 is 1.00 bits per heavy atom. The molecular weight excluding hydrogens is 306 g/mol. The van der Waals surface area contributed by atoms with E-state index in [4.69, 9.17) is 0 Å². The van der Waals surface area contributed by atoms with Gasteiger partial charge in [0.1, 0.15) is 17.2 Å². The van der Waals surface area contributed by atoms with Crippen molar-refractivity contribution in [2.75, 3.05) is 5.32 Å². The molecule has 0 aliphatic carbocycles. The molecule has 6 heteroatoms. The molecule has 1 heterocycles. The molecule has 110 valence electrons. The molecule has 3 aromatic rings. The van der Waals surface area contributed by atoms with Gasteiger partial charge in [-0.3, -0.25) is 10.1 Å². The second-order valence-electron chi connectivity index (χ2n) is 4.45. The molecule has 2 aromatic carbocycles. The van der Waals surface area contributed by atoms with Gasteiger partial charge in [0.15, 0.2) is 5.13 Å². The van der Waals surface area contributed by atoms with Crippen molar-refractivity contribution < 1.29 is 13.6 Å². The van der Waals surface area contributed by atoms with Crippen LogP contribution >= 0.6 is 11.3 Å². The highest BCUT2D eigenvalue weighted by Crippen LogP contribution is 2.25. The topological polar surface area (TPSA) is 42.0 Å². The molecule has 1 N–H and O–H groups in total. The van der Waals surface area contributed by atoms with Gasteiger partial charge in [0.2, 0.25) is 0 Å². The number of rotatable bonds is 3. The van der Waals surface area contributed by atoms with E-state index < -0.39 is 23.1 Å². The fourth-order valence-corrected chi connectivity index (χ4v) is 2.66. The van der Waals surface area contributed by atoms with Gasteiger partial charge in [-0.1, -0.05) is 36.4 Å². The molecular formula is C16H10F2N2OS. The average Bonchev–Trinajstić information content (AvgIpc) is 2.96. The number of aromatic nitrogens is 1. The molecule has 1 amide bonds. The van der Waals surface area contributed by atoms with Crippen molar-refractivity contribution in [2.24, 2.45) is 0 Å². The van der Waals surface area contributed by atoms with E-state index in [-0.39, 0.29) is 5.13 Å². The summed E-state index contributed by atoms with van der Waals surface area (Å²) in [5.74, 6) is -2.67. The second-order valence-corrected chi connectivity index (χ2v) is 5.31. The van der Waals surface area contributed by atoms with Gasteiger partial charge in [0.05, 0.1) is 5.69 Å². The monoisotopic (exact) mass is 316 g/mol. The molecule has 1 aromatic heterocycles. The number of nitrogens with one attached hydrogen (secondary N) is 1. The van der Waals surface area contributed by atoms with Gasteiger partial charge in [-0.05, 0) is 12.1 Å². The third-order valence-corrected chi connectivity index (χ3v) is 3.74. The van der Waals surface area contributed by atoms with E-state index in [9.17, 15) is 13.6 Å². The molecule has 0 bridgehead atoms. The van der Waals surface area contributed by atoms with Crippen molar-refractivity contribution in [2.45, 2.75) is 0 Å². The first-order valence-electron chi connectivity index (χ1n) is 6.41. The van der Waals surface area contributed by atoms with Crippen LogP contribution in [0.5, 0.6) is 0 Å². The Balaban J connectivity index is 1.82. The van der Waals surface area contributed by atoms with Crippen molar-refractivity contribution >= 4 is 22.4 Å². The summed E-state index contributed by atoms with van der Waals surface area (Å²) in [7, 11) is 0. The summed E-state index contributed by atoms with van der Waals surface area (Å²) in [6.45, 7) is 0. The average molecular weight is 316 g/mol. The van der Waals surface area contributed by atoms with E-state index in [1.54, 1.807) is 5.38 Å². The predicted octanol–water partition coefficient (Wildman–Crippen LogP) is 4.34. The van der Waals surface area contributed by atoms with Crippen molar-refractivity contribution in [3.05, 3.63) is 71.1 Å². The standard InChI is InChI=1S/C16H10F2N2OS/c17-11-7-4-8-12(18)14(11)15(21)20-16-19-13(9-22-16)10-5-2-1-3-6-10/h1-9H,(H,19,20,21). The smallest absolute Gasteiger partial charge is 0.263 e. The Bertz CT molecular complexity index is 798. The maximum Gasteiger partial charge on any atom is 0.263 e. The number of anilines is 1. The lowest BCUT2D eigenvalue weighted by Crippen LogP contribution is -2.15. The number of thiazole rings is 1. The Kier molecular flexibility index (Phi) is 3.93. The highest BCUT2D eigenvalue weighted by molar-refractivity contribution is 7.14. The van der Waals surface area contributed by atoms with Gasteiger partial charge in [0.25, 0.3) is 5.91 Å². The summed E-state index contributed by atoms with van der Waals surface area (Å²) < 4.78 is 27.1. The predicted molar refractivity (Wildman–Crippen MR) is 81.9 cm³/mol. The molecule has 0 fully saturated rings. The van der Waals surface area contributed by atoms with Crippen LogP contribution in [0.1, 0.15) is 10.4 Å². The fraction of sp³-hybridized carbons (Fsp3) is 0. The number of hydrogen-bond donors (Lipinski definition) is 1. The summed E-state index contributed by atoms with van der Waals surface area (Å²) in [6, 6.07) is 12.7. The van der Waals surface area contributed by atoms with E-state index in [1.165, 1.54) is 17.4 Å². The fourth-order valence-electron chi connectivity index (χ4n) is 1.95. The van der Waals surface area contributed by atoms with Crippen LogP contribution in [-0.2, 0) is 0 Å². The lowest BCUT2D eigenvalue weighted by molar-refractivity contribution is 0.101. The van der Waals surface area contributed by atoms with Crippen LogP contribution in [0, 0.1) is 11.6 Å². The van der Waals surface area contributed by atoms with E-state index >= 15 is 0 Å². The van der Waals surface area contributed by atoms with Crippen molar-refractivity contribution in [1.82, 2.24) is 4.98 Å². The van der Waals surface area contributed by atoms with E-state index in [2.05, 4.69) is 10.3 Å². The zero-order valence-corrected chi connectivity index (χ0v) is 12.0. The number of benzene rings is 2. The molecule has 0 saturated heterocycles. The van der Waals surface area contributed by atoms with Crippen molar-refractivity contribution in [3.63, 3.8) is 0 Å². The second kappa shape index (κ2) is 6.03. The normalized spacial score (nSPS) is 10.5. The first-order chi connectivity index (χ1) is 10.6. The zero-order chi connectivity index (χ0) is 15.5. The molecule has 0 unspecified atom stereocenters. The molecule has 3 nitrogen and oxygen atoms in total. The van der Waals surface area contributed by atoms with E-state index in [0.29, 0.717) is 5.69 Å². The minimum absolute atomic E-state index is 0.284. The lowest BCUT2D eigenvalue weighted by Gasteiger charge is -2.04. The maximum atomic E-state index is 13.6.